The van der Waals surface area contributed by atoms with Crippen LogP contribution in [0.15, 0.2) is 100 Å². The normalized spacial score (nSPS) is 11.5. The number of rotatable bonds is 5. The molecule has 0 aliphatic carbocycles. The molecule has 0 unspecified atom stereocenters. The molecule has 33 heavy (non-hydrogen) atoms. The number of nitrogens with one attached hydrogen (secondary N) is 2. The summed E-state index contributed by atoms with van der Waals surface area (Å²) in [5.74, 6) is -0.423. The van der Waals surface area contributed by atoms with E-state index in [-0.39, 0.29) is 21.2 Å². The second-order valence-corrected chi connectivity index (χ2v) is 9.47. The summed E-state index contributed by atoms with van der Waals surface area (Å²) in [7, 11) is -3.76. The Kier molecular flexibility index (Phi) is 5.28. The Hall–Kier alpha value is -3.81. The number of amides is 1. The molecule has 2 N–H and O–H groups in total. The first-order valence-electron chi connectivity index (χ1n) is 10.0. The molecule has 0 aliphatic heterocycles. The molecule has 4 aromatic carbocycles. The van der Waals surface area contributed by atoms with Crippen LogP contribution in [0, 0.1) is 0 Å². The van der Waals surface area contributed by atoms with E-state index in [1.807, 2.05) is 30.3 Å². The Balaban J connectivity index is 1.36. The van der Waals surface area contributed by atoms with Gasteiger partial charge in [0.15, 0.2) is 0 Å². The number of hydrogen-bond acceptors (Lipinski definition) is 4. The number of anilines is 2. The maximum atomic E-state index is 12.8. The molecule has 0 radical (unpaired) electrons. The van der Waals surface area contributed by atoms with Crippen LogP contribution in [-0.2, 0) is 10.0 Å². The predicted molar refractivity (Wildman–Crippen MR) is 130 cm³/mol. The topological polar surface area (TPSA) is 88.4 Å². The zero-order chi connectivity index (χ0) is 23.0. The monoisotopic (exact) mass is 476 g/mol. The highest BCUT2D eigenvalue weighted by molar-refractivity contribution is 7.92. The van der Waals surface area contributed by atoms with E-state index in [9.17, 15) is 13.2 Å². The number of hydrogen-bond donors (Lipinski definition) is 2. The highest BCUT2D eigenvalue weighted by Gasteiger charge is 2.17. The van der Waals surface area contributed by atoms with Gasteiger partial charge in [-0.1, -0.05) is 48.0 Å². The van der Waals surface area contributed by atoms with Crippen LogP contribution in [0.5, 0.6) is 0 Å². The molecule has 6 nitrogen and oxygen atoms in total. The maximum Gasteiger partial charge on any atom is 0.261 e. The number of carbonyl (C=O) groups excluding carboxylic acids is 1. The number of fused-ring (bicyclic) bond motifs is 3. The van der Waals surface area contributed by atoms with Crippen LogP contribution in [0.1, 0.15) is 10.4 Å². The molecule has 1 amide bonds. The molecule has 5 rings (SSSR count). The summed E-state index contributed by atoms with van der Waals surface area (Å²) >= 11 is 6.30. The third-order valence-electron chi connectivity index (χ3n) is 5.16. The van der Waals surface area contributed by atoms with Crippen molar-refractivity contribution in [3.8, 4) is 0 Å². The van der Waals surface area contributed by atoms with Gasteiger partial charge >= 0.3 is 0 Å². The van der Waals surface area contributed by atoms with Crippen molar-refractivity contribution in [2.24, 2.45) is 0 Å². The van der Waals surface area contributed by atoms with Gasteiger partial charge in [0.25, 0.3) is 15.9 Å². The summed E-state index contributed by atoms with van der Waals surface area (Å²) in [6, 6.07) is 25.5. The van der Waals surface area contributed by atoms with E-state index in [0.717, 1.165) is 16.4 Å². The van der Waals surface area contributed by atoms with Gasteiger partial charge in [0.1, 0.15) is 11.2 Å². The number of halogens is 1. The molecule has 1 aromatic heterocycles. The molecule has 0 saturated carbocycles. The first kappa shape index (κ1) is 21.1. The lowest BCUT2D eigenvalue weighted by Crippen LogP contribution is -2.14. The van der Waals surface area contributed by atoms with Crippen molar-refractivity contribution in [3.63, 3.8) is 0 Å². The van der Waals surface area contributed by atoms with Crippen molar-refractivity contribution < 1.29 is 17.6 Å². The minimum Gasteiger partial charge on any atom is -0.456 e. The highest BCUT2D eigenvalue weighted by Crippen LogP contribution is 2.31. The fourth-order valence-corrected chi connectivity index (χ4v) is 4.92. The predicted octanol–water partition coefficient (Wildman–Crippen LogP) is 6.29. The highest BCUT2D eigenvalue weighted by atomic mass is 35.5. The second-order valence-electron chi connectivity index (χ2n) is 7.38. The van der Waals surface area contributed by atoms with Crippen LogP contribution >= 0.6 is 11.6 Å². The van der Waals surface area contributed by atoms with Crippen molar-refractivity contribution in [3.05, 3.63) is 102 Å². The molecule has 0 saturated heterocycles. The Morgan fingerprint density at radius 3 is 2.24 bits per heavy atom. The Morgan fingerprint density at radius 1 is 0.758 bits per heavy atom. The van der Waals surface area contributed by atoms with Gasteiger partial charge in [-0.3, -0.25) is 9.52 Å². The molecule has 0 fully saturated rings. The van der Waals surface area contributed by atoms with Crippen LogP contribution < -0.4 is 10.0 Å². The van der Waals surface area contributed by atoms with Crippen LogP contribution in [0.25, 0.3) is 21.9 Å². The van der Waals surface area contributed by atoms with Crippen molar-refractivity contribution in [1.29, 1.82) is 0 Å². The minimum atomic E-state index is -3.76. The van der Waals surface area contributed by atoms with Gasteiger partial charge in [-0.2, -0.15) is 0 Å². The lowest BCUT2D eigenvalue weighted by atomic mass is 10.1. The average Bonchev–Trinajstić information content (AvgIpc) is 3.17. The van der Waals surface area contributed by atoms with Gasteiger partial charge < -0.3 is 9.73 Å². The number of benzene rings is 4. The summed E-state index contributed by atoms with van der Waals surface area (Å²) < 4.78 is 33.3. The lowest BCUT2D eigenvalue weighted by Gasteiger charge is -2.11. The van der Waals surface area contributed by atoms with E-state index in [2.05, 4.69) is 10.0 Å². The van der Waals surface area contributed by atoms with Gasteiger partial charge in [0.05, 0.1) is 21.2 Å². The van der Waals surface area contributed by atoms with E-state index < -0.39 is 15.9 Å². The van der Waals surface area contributed by atoms with Crippen molar-refractivity contribution >= 4 is 60.8 Å². The third-order valence-corrected chi connectivity index (χ3v) is 6.87. The van der Waals surface area contributed by atoms with Gasteiger partial charge in [0.2, 0.25) is 0 Å². The standard InChI is InChI=1S/C25H17ClN2O4S/c26-22-14-17(28-33(30,31)18-6-2-1-3-7-18)11-13-21(22)25(29)27-16-10-12-20-19-8-4-5-9-23(19)32-24(20)15-16/h1-15,28H,(H,27,29). The van der Waals surface area contributed by atoms with E-state index in [1.54, 1.807) is 30.3 Å². The second kappa shape index (κ2) is 8.27. The van der Waals surface area contributed by atoms with Gasteiger partial charge in [-0.25, -0.2) is 8.42 Å². The zero-order valence-corrected chi connectivity index (χ0v) is 18.7. The molecule has 0 atom stereocenters. The Labute approximate surface area is 194 Å². The van der Waals surface area contributed by atoms with E-state index >= 15 is 0 Å². The maximum absolute atomic E-state index is 12.8. The smallest absolute Gasteiger partial charge is 0.261 e. The molecule has 1 heterocycles. The summed E-state index contributed by atoms with van der Waals surface area (Å²) in [5, 5.41) is 4.88. The minimum absolute atomic E-state index is 0.116. The van der Waals surface area contributed by atoms with Crippen LogP contribution in [0.3, 0.4) is 0 Å². The van der Waals surface area contributed by atoms with Crippen LogP contribution in [-0.4, -0.2) is 14.3 Å². The summed E-state index contributed by atoms with van der Waals surface area (Å²) in [6.45, 7) is 0. The van der Waals surface area contributed by atoms with Crippen molar-refractivity contribution in [2.75, 3.05) is 10.0 Å². The first-order valence-corrected chi connectivity index (χ1v) is 11.9. The van der Waals surface area contributed by atoms with E-state index in [0.29, 0.717) is 11.3 Å². The van der Waals surface area contributed by atoms with Crippen molar-refractivity contribution in [1.82, 2.24) is 0 Å². The first-order chi connectivity index (χ1) is 15.9. The molecular formula is C25H17ClN2O4S. The zero-order valence-electron chi connectivity index (χ0n) is 17.1. The number of para-hydroxylation sites is 1. The SMILES string of the molecule is O=C(Nc1ccc2c(c1)oc1ccccc12)c1ccc(NS(=O)(=O)c2ccccc2)cc1Cl. The molecule has 0 bridgehead atoms. The molecule has 0 aliphatic rings. The van der Waals surface area contributed by atoms with Gasteiger partial charge in [0, 0.05) is 22.5 Å². The van der Waals surface area contributed by atoms with Crippen LogP contribution in [0.4, 0.5) is 11.4 Å². The molecule has 164 valence electrons. The van der Waals surface area contributed by atoms with Gasteiger partial charge in [-0.15, -0.1) is 0 Å². The average molecular weight is 477 g/mol. The number of furan rings is 1. The molecule has 8 heteroatoms. The van der Waals surface area contributed by atoms with Crippen molar-refractivity contribution in [2.45, 2.75) is 4.90 Å². The number of sulfonamides is 1. The molecule has 0 spiro atoms. The molecule has 5 aromatic rings. The Bertz CT molecular complexity index is 1610. The number of carbonyl (C=O) groups is 1. The van der Waals surface area contributed by atoms with Crippen LogP contribution in [0.2, 0.25) is 5.02 Å². The largest absolute Gasteiger partial charge is 0.456 e. The van der Waals surface area contributed by atoms with E-state index in [1.165, 1.54) is 30.3 Å². The van der Waals surface area contributed by atoms with Gasteiger partial charge in [-0.05, 0) is 48.5 Å². The third kappa shape index (κ3) is 4.16. The summed E-state index contributed by atoms with van der Waals surface area (Å²) in [6.07, 6.45) is 0. The summed E-state index contributed by atoms with van der Waals surface area (Å²) in [4.78, 5) is 12.9. The fraction of sp³-hybridized carbons (Fsp3) is 0. The lowest BCUT2D eigenvalue weighted by molar-refractivity contribution is 0.102. The quantitative estimate of drug-likeness (QED) is 0.312. The van der Waals surface area contributed by atoms with E-state index in [4.69, 9.17) is 16.0 Å². The fourth-order valence-electron chi connectivity index (χ4n) is 3.58. The Morgan fingerprint density at radius 2 is 1.45 bits per heavy atom. The summed E-state index contributed by atoms with van der Waals surface area (Å²) in [5.41, 5.74) is 2.45. The molecular weight excluding hydrogens is 460 g/mol.